The molecule has 0 spiro atoms. The monoisotopic (exact) mass is 385 g/mol. The Balaban J connectivity index is 1.20. The maximum atomic E-state index is 12.8. The summed E-state index contributed by atoms with van der Waals surface area (Å²) in [6.07, 6.45) is 8.53. The number of likely N-dealkylation sites (tertiary alicyclic amines) is 1. The molecule has 0 aromatic carbocycles. The number of nitrogens with two attached hydrogens (primary N) is 1. The van der Waals surface area contributed by atoms with Crippen molar-refractivity contribution in [3.63, 3.8) is 0 Å². The number of anilines is 1. The van der Waals surface area contributed by atoms with Crippen molar-refractivity contribution in [2.45, 2.75) is 50.7 Å². The van der Waals surface area contributed by atoms with E-state index in [4.69, 9.17) is 10.5 Å². The summed E-state index contributed by atoms with van der Waals surface area (Å²) in [5, 5.41) is 3.28. The highest BCUT2D eigenvalue weighted by atomic mass is 16.6. The number of ether oxygens (including phenoxy) is 1. The summed E-state index contributed by atoms with van der Waals surface area (Å²) in [7, 11) is 0. The molecule has 1 aromatic heterocycles. The van der Waals surface area contributed by atoms with Gasteiger partial charge in [-0.1, -0.05) is 0 Å². The number of nitrogens with one attached hydrogen (secondary N) is 1. The van der Waals surface area contributed by atoms with Gasteiger partial charge in [0.1, 0.15) is 6.10 Å². The molecule has 5 aliphatic rings. The highest BCUT2D eigenvalue weighted by Crippen LogP contribution is 2.60. The average Bonchev–Trinajstić information content (AvgIpc) is 3.13. The van der Waals surface area contributed by atoms with E-state index >= 15 is 0 Å². The molecular weight excluding hydrogens is 358 g/mol. The Labute approximate surface area is 164 Å². The van der Waals surface area contributed by atoms with Crippen molar-refractivity contribution < 1.29 is 14.3 Å². The van der Waals surface area contributed by atoms with E-state index in [1.54, 1.807) is 23.4 Å². The summed E-state index contributed by atoms with van der Waals surface area (Å²) in [6, 6.07) is 1.91. The van der Waals surface area contributed by atoms with Crippen LogP contribution in [0.15, 0.2) is 18.5 Å². The molecule has 8 nitrogen and oxygen atoms in total. The van der Waals surface area contributed by atoms with E-state index in [1.807, 2.05) is 0 Å². The molecule has 6 atom stereocenters. The molecule has 4 aliphatic carbocycles. The minimum Gasteiger partial charge on any atom is -0.446 e. The predicted molar refractivity (Wildman–Crippen MR) is 101 cm³/mol. The third kappa shape index (κ3) is 2.99. The van der Waals surface area contributed by atoms with Crippen LogP contribution in [-0.4, -0.2) is 52.1 Å². The van der Waals surface area contributed by atoms with Gasteiger partial charge < -0.3 is 20.7 Å². The summed E-state index contributed by atoms with van der Waals surface area (Å²) < 4.78 is 6.01. The lowest BCUT2D eigenvalue weighted by atomic mass is 9.48. The second kappa shape index (κ2) is 6.60. The molecule has 5 fully saturated rings. The molecule has 2 amide bonds. The van der Waals surface area contributed by atoms with E-state index in [9.17, 15) is 9.59 Å². The van der Waals surface area contributed by atoms with Crippen molar-refractivity contribution in [3.05, 3.63) is 18.5 Å². The molecule has 1 aromatic rings. The minimum absolute atomic E-state index is 0.0685. The van der Waals surface area contributed by atoms with Crippen LogP contribution in [-0.2, 0) is 9.53 Å². The van der Waals surface area contributed by atoms with E-state index in [2.05, 4.69) is 15.3 Å². The SMILES string of the molecule is NC(=O)C12CC3CC(C1)C(OC(=O)N1CCC(Nc4ncccn4)C1)[C@H](C3)C2. The molecule has 150 valence electrons. The van der Waals surface area contributed by atoms with Crippen LogP contribution in [0.2, 0.25) is 0 Å². The van der Waals surface area contributed by atoms with Crippen molar-refractivity contribution in [2.75, 3.05) is 18.4 Å². The van der Waals surface area contributed by atoms with Crippen LogP contribution in [0.5, 0.6) is 0 Å². The predicted octanol–water partition coefficient (Wildman–Crippen LogP) is 1.78. The Kier molecular flexibility index (Phi) is 4.17. The van der Waals surface area contributed by atoms with Crippen LogP contribution in [0.1, 0.15) is 38.5 Å². The summed E-state index contributed by atoms with van der Waals surface area (Å²) >= 11 is 0. The molecule has 8 heteroatoms. The van der Waals surface area contributed by atoms with Crippen LogP contribution >= 0.6 is 0 Å². The van der Waals surface area contributed by atoms with E-state index < -0.39 is 0 Å². The third-order valence-corrected chi connectivity index (χ3v) is 7.29. The molecule has 1 aliphatic heterocycles. The smallest absolute Gasteiger partial charge is 0.410 e. The Morgan fingerprint density at radius 3 is 2.57 bits per heavy atom. The third-order valence-electron chi connectivity index (χ3n) is 7.29. The highest BCUT2D eigenvalue weighted by molar-refractivity contribution is 5.81. The number of primary amides is 1. The fraction of sp³-hybridized carbons (Fsp3) is 0.700. The first kappa shape index (κ1) is 17.7. The maximum absolute atomic E-state index is 12.8. The molecule has 5 unspecified atom stereocenters. The van der Waals surface area contributed by atoms with Gasteiger partial charge in [-0.05, 0) is 62.3 Å². The molecule has 4 saturated carbocycles. The van der Waals surface area contributed by atoms with Gasteiger partial charge in [0.05, 0.1) is 5.41 Å². The van der Waals surface area contributed by atoms with E-state index in [0.29, 0.717) is 25.0 Å². The zero-order valence-corrected chi connectivity index (χ0v) is 15.9. The van der Waals surface area contributed by atoms with Crippen LogP contribution < -0.4 is 11.1 Å². The standard InChI is InChI=1S/C20H27N5O3/c21-17(26)20-8-12-6-13(9-20)16(14(7-12)10-20)28-19(27)25-5-2-15(11-25)24-18-22-3-1-4-23-18/h1,3-4,12-16H,2,5-11H2,(H2,21,26)(H,22,23,24)/t12?,13-,14?,15?,16?,20?/m1/s1. The quantitative estimate of drug-likeness (QED) is 0.817. The Hall–Kier alpha value is -2.38. The van der Waals surface area contributed by atoms with Gasteiger partial charge in [0, 0.05) is 31.5 Å². The topological polar surface area (TPSA) is 110 Å². The fourth-order valence-corrected chi connectivity index (χ4v) is 6.26. The van der Waals surface area contributed by atoms with Crippen LogP contribution in [0.25, 0.3) is 0 Å². The highest BCUT2D eigenvalue weighted by Gasteiger charge is 2.59. The average molecular weight is 385 g/mol. The first-order valence-corrected chi connectivity index (χ1v) is 10.3. The number of aromatic nitrogens is 2. The molecule has 6 rings (SSSR count). The summed E-state index contributed by atoms with van der Waals surface area (Å²) in [6.45, 7) is 1.26. The van der Waals surface area contributed by atoms with Gasteiger partial charge in [0.2, 0.25) is 11.9 Å². The molecule has 4 bridgehead atoms. The zero-order chi connectivity index (χ0) is 19.3. The largest absolute Gasteiger partial charge is 0.446 e. The molecule has 3 N–H and O–H groups in total. The number of rotatable bonds is 4. The van der Waals surface area contributed by atoms with Gasteiger partial charge in [0.25, 0.3) is 0 Å². The number of carbonyl (C=O) groups is 2. The summed E-state index contributed by atoms with van der Waals surface area (Å²) in [5.41, 5.74) is 5.39. The molecular formula is C20H27N5O3. The number of carbonyl (C=O) groups excluding carboxylic acids is 2. The van der Waals surface area contributed by atoms with Crippen LogP contribution in [0.4, 0.5) is 10.7 Å². The number of hydrogen-bond donors (Lipinski definition) is 2. The first-order chi connectivity index (χ1) is 13.5. The zero-order valence-electron chi connectivity index (χ0n) is 15.9. The maximum Gasteiger partial charge on any atom is 0.410 e. The second-order valence-corrected chi connectivity index (χ2v) is 9.11. The minimum atomic E-state index is -0.349. The van der Waals surface area contributed by atoms with Gasteiger partial charge in [-0.2, -0.15) is 0 Å². The molecule has 2 heterocycles. The van der Waals surface area contributed by atoms with Gasteiger partial charge in [-0.3, -0.25) is 4.79 Å². The summed E-state index contributed by atoms with van der Waals surface area (Å²) in [5.74, 6) is 1.54. The fourth-order valence-electron chi connectivity index (χ4n) is 6.26. The molecule has 1 saturated heterocycles. The number of hydrogen-bond acceptors (Lipinski definition) is 6. The normalized spacial score (nSPS) is 38.4. The van der Waals surface area contributed by atoms with E-state index in [0.717, 1.165) is 38.5 Å². The van der Waals surface area contributed by atoms with Gasteiger partial charge in [-0.25, -0.2) is 14.8 Å². The second-order valence-electron chi connectivity index (χ2n) is 9.11. The summed E-state index contributed by atoms with van der Waals surface area (Å²) in [4.78, 5) is 35.0. The lowest BCUT2D eigenvalue weighted by Crippen LogP contribution is -2.59. The van der Waals surface area contributed by atoms with Gasteiger partial charge in [-0.15, -0.1) is 0 Å². The van der Waals surface area contributed by atoms with E-state index in [-0.39, 0.29) is 41.4 Å². The van der Waals surface area contributed by atoms with Gasteiger partial charge >= 0.3 is 6.09 Å². The first-order valence-electron chi connectivity index (χ1n) is 10.3. The van der Waals surface area contributed by atoms with Crippen molar-refractivity contribution in [3.8, 4) is 0 Å². The van der Waals surface area contributed by atoms with Gasteiger partial charge in [0.15, 0.2) is 0 Å². The Bertz CT molecular complexity index is 756. The number of amides is 2. The lowest BCUT2D eigenvalue weighted by Gasteiger charge is -2.58. The molecule has 0 radical (unpaired) electrons. The van der Waals surface area contributed by atoms with Crippen molar-refractivity contribution in [1.82, 2.24) is 14.9 Å². The van der Waals surface area contributed by atoms with Crippen molar-refractivity contribution in [2.24, 2.45) is 28.9 Å². The number of nitrogens with zero attached hydrogens (tertiary/aromatic N) is 3. The Morgan fingerprint density at radius 1 is 1.18 bits per heavy atom. The molecule has 28 heavy (non-hydrogen) atoms. The van der Waals surface area contributed by atoms with Crippen LogP contribution in [0.3, 0.4) is 0 Å². The van der Waals surface area contributed by atoms with E-state index in [1.165, 1.54) is 0 Å². The Morgan fingerprint density at radius 2 is 1.89 bits per heavy atom. The van der Waals surface area contributed by atoms with Crippen molar-refractivity contribution in [1.29, 1.82) is 0 Å². The van der Waals surface area contributed by atoms with Crippen LogP contribution in [0, 0.1) is 23.2 Å². The lowest BCUT2D eigenvalue weighted by molar-refractivity contribution is -0.161. The van der Waals surface area contributed by atoms with Crippen molar-refractivity contribution >= 4 is 17.9 Å².